The number of ether oxygens (including phenoxy) is 4. The summed E-state index contributed by atoms with van der Waals surface area (Å²) in [6, 6.07) is 11.1. The molecule has 0 saturated heterocycles. The van der Waals surface area contributed by atoms with Crippen molar-refractivity contribution in [3.8, 4) is 17.2 Å². The Morgan fingerprint density at radius 3 is 1.91 bits per heavy atom. The second-order valence-electron chi connectivity index (χ2n) is 11.3. The fourth-order valence-electron chi connectivity index (χ4n) is 4.08. The predicted molar refractivity (Wildman–Crippen MR) is 174 cm³/mol. The topological polar surface area (TPSA) is 154 Å². The van der Waals surface area contributed by atoms with Gasteiger partial charge in [0.15, 0.2) is 5.13 Å². The highest BCUT2D eigenvalue weighted by atomic mass is 32.1. The van der Waals surface area contributed by atoms with Gasteiger partial charge in [0.05, 0.1) is 19.3 Å². The Morgan fingerprint density at radius 1 is 0.867 bits per heavy atom. The largest absolute Gasteiger partial charge is 0.491 e. The Hall–Kier alpha value is -3.77. The lowest BCUT2D eigenvalue weighted by molar-refractivity contribution is -0.149. The van der Waals surface area contributed by atoms with E-state index in [4.69, 9.17) is 18.9 Å². The minimum Gasteiger partial charge on any atom is -0.491 e. The van der Waals surface area contributed by atoms with Crippen molar-refractivity contribution in [2.75, 3.05) is 18.5 Å². The smallest absolute Gasteiger partial charge is 0.326 e. The molecule has 45 heavy (non-hydrogen) atoms. The molecule has 14 heteroatoms. The van der Waals surface area contributed by atoms with Gasteiger partial charge in [-0.3, -0.25) is 24.3 Å². The Bertz CT molecular complexity index is 1490. The molecule has 0 unspecified atom stereocenters. The van der Waals surface area contributed by atoms with Crippen molar-refractivity contribution in [3.63, 3.8) is 0 Å². The minimum absolute atomic E-state index is 0.139. The number of hydrogen-bond acceptors (Lipinski definition) is 10. The molecule has 1 heterocycles. The Labute approximate surface area is 267 Å². The first kappa shape index (κ1) is 35.7. The molecule has 0 radical (unpaired) electrons. The summed E-state index contributed by atoms with van der Waals surface area (Å²) in [5.74, 6) is -0.475. The zero-order valence-electron chi connectivity index (χ0n) is 26.8. The van der Waals surface area contributed by atoms with Gasteiger partial charge in [0.1, 0.15) is 28.3 Å². The van der Waals surface area contributed by atoms with Crippen molar-refractivity contribution in [2.24, 2.45) is 0 Å². The molecule has 1 amide bonds. The molecule has 0 spiro atoms. The molecule has 0 bridgehead atoms. The Balaban J connectivity index is 1.94. The van der Waals surface area contributed by atoms with Gasteiger partial charge < -0.3 is 18.9 Å². The number of aromatic nitrogens is 1. The number of hydrogen-bond donors (Lipinski definition) is 3. The second kappa shape index (κ2) is 15.0. The van der Waals surface area contributed by atoms with E-state index in [0.717, 1.165) is 0 Å². The average Bonchev–Trinajstić information content (AvgIpc) is 3.45. The van der Waals surface area contributed by atoms with Crippen LogP contribution < -0.4 is 30.3 Å². The number of benzene rings is 2. The molecule has 0 fully saturated rings. The normalized spacial score (nSPS) is 12.0. The molecule has 0 saturated carbocycles. The molecule has 0 aliphatic carbocycles. The number of esters is 2. The number of rotatable bonds is 15. The van der Waals surface area contributed by atoms with Gasteiger partial charge in [-0.2, -0.15) is 0 Å². The maximum absolute atomic E-state index is 14.6. The molecule has 3 N–H and O–H groups in total. The van der Waals surface area contributed by atoms with Crippen molar-refractivity contribution < 1.29 is 37.9 Å². The molecule has 2 aromatic carbocycles. The van der Waals surface area contributed by atoms with Crippen molar-refractivity contribution in [2.45, 2.75) is 72.6 Å². The molecule has 12 nitrogen and oxygen atoms in total. The average molecular weight is 661 g/mol. The van der Waals surface area contributed by atoms with Crippen LogP contribution in [0.15, 0.2) is 54.0 Å². The summed E-state index contributed by atoms with van der Waals surface area (Å²) in [7, 11) is -3.88. The van der Waals surface area contributed by atoms with Gasteiger partial charge >= 0.3 is 11.9 Å². The summed E-state index contributed by atoms with van der Waals surface area (Å²) in [6.45, 7) is 13.5. The highest BCUT2D eigenvalue weighted by Gasteiger charge is 2.43. The molecule has 0 aliphatic rings. The van der Waals surface area contributed by atoms with Crippen LogP contribution in [0.25, 0.3) is 0 Å². The maximum Gasteiger partial charge on any atom is 0.326 e. The molecular weight excluding hydrogens is 619 g/mol. The van der Waals surface area contributed by atoms with Gasteiger partial charge in [0.25, 0.3) is 5.91 Å². The standard InChI is InChI=1S/C31H41N4O8PS/c1-9-40-27(37)30(5,6)34-44(39,35-31(7,8)28(38)41-10-2)25-13-11-22(12-14-25)43-24-18-21(17-23(19-24)42-20(3)4)26(36)33-29-32-15-16-45-29/h11-20H,9-10H2,1-8H3,(H,32,33,36)(H2,34,35,39). The van der Waals surface area contributed by atoms with E-state index in [1.807, 2.05) is 13.8 Å². The van der Waals surface area contributed by atoms with Crippen molar-refractivity contribution in [1.29, 1.82) is 0 Å². The second-order valence-corrected chi connectivity index (χ2v) is 14.3. The van der Waals surface area contributed by atoms with E-state index < -0.39 is 30.5 Å². The van der Waals surface area contributed by atoms with Gasteiger partial charge in [-0.15, -0.1) is 11.3 Å². The molecule has 0 atom stereocenters. The van der Waals surface area contributed by atoms with E-state index in [2.05, 4.69) is 20.5 Å². The SMILES string of the molecule is CCOC(=O)C(C)(C)NP(=O)(NC(C)(C)C(=O)OCC)c1ccc(Oc2cc(OC(C)C)cc(C(=O)Nc3nccs3)c2)cc1. The Kier molecular flexibility index (Phi) is 11.9. The van der Waals surface area contributed by atoms with Gasteiger partial charge in [0.2, 0.25) is 7.44 Å². The maximum atomic E-state index is 14.6. The highest BCUT2D eigenvalue weighted by molar-refractivity contribution is 7.68. The number of carbonyl (C=O) groups excluding carboxylic acids is 3. The van der Waals surface area contributed by atoms with Crippen LogP contribution in [0.3, 0.4) is 0 Å². The summed E-state index contributed by atoms with van der Waals surface area (Å²) in [4.78, 5) is 42.5. The number of nitrogens with zero attached hydrogens (tertiary/aromatic N) is 1. The molecule has 3 rings (SSSR count). The third kappa shape index (κ3) is 9.86. The van der Waals surface area contributed by atoms with Gasteiger partial charge in [-0.05, 0) is 91.8 Å². The lowest BCUT2D eigenvalue weighted by atomic mass is 10.1. The first-order valence-corrected chi connectivity index (χ1v) is 17.0. The minimum atomic E-state index is -3.88. The van der Waals surface area contributed by atoms with Gasteiger partial charge in [-0.1, -0.05) is 0 Å². The highest BCUT2D eigenvalue weighted by Crippen LogP contribution is 2.41. The van der Waals surface area contributed by atoms with E-state index in [9.17, 15) is 18.9 Å². The van der Waals surface area contributed by atoms with Crippen LogP contribution in [-0.4, -0.2) is 53.2 Å². The van der Waals surface area contributed by atoms with Crippen LogP contribution in [0.2, 0.25) is 0 Å². The summed E-state index contributed by atoms with van der Waals surface area (Å²) < 4.78 is 36.9. The first-order chi connectivity index (χ1) is 21.1. The van der Waals surface area contributed by atoms with E-state index in [1.54, 1.807) is 95.6 Å². The van der Waals surface area contributed by atoms with Crippen LogP contribution >= 0.6 is 18.8 Å². The molecule has 0 aliphatic heterocycles. The summed E-state index contributed by atoms with van der Waals surface area (Å²) in [6.07, 6.45) is 1.44. The van der Waals surface area contributed by atoms with E-state index in [0.29, 0.717) is 27.9 Å². The predicted octanol–water partition coefficient (Wildman–Crippen LogP) is 5.66. The lowest BCUT2D eigenvalue weighted by Crippen LogP contribution is -2.55. The fraction of sp³-hybridized carbons (Fsp3) is 0.419. The monoisotopic (exact) mass is 660 g/mol. The van der Waals surface area contributed by atoms with E-state index >= 15 is 0 Å². The zero-order chi connectivity index (χ0) is 33.4. The van der Waals surface area contributed by atoms with Gasteiger partial charge in [0, 0.05) is 28.5 Å². The quantitative estimate of drug-likeness (QED) is 0.137. The lowest BCUT2D eigenvalue weighted by Gasteiger charge is -2.35. The first-order valence-electron chi connectivity index (χ1n) is 14.4. The third-order valence-electron chi connectivity index (χ3n) is 6.05. The molecule has 244 valence electrons. The number of amides is 1. The van der Waals surface area contributed by atoms with Crippen molar-refractivity contribution >= 4 is 47.1 Å². The van der Waals surface area contributed by atoms with Crippen LogP contribution in [0.1, 0.15) is 65.7 Å². The van der Waals surface area contributed by atoms with Crippen molar-refractivity contribution in [1.82, 2.24) is 15.2 Å². The van der Waals surface area contributed by atoms with Crippen LogP contribution in [-0.2, 0) is 23.6 Å². The van der Waals surface area contributed by atoms with Crippen LogP contribution in [0.5, 0.6) is 17.2 Å². The number of carbonyl (C=O) groups is 3. The zero-order valence-corrected chi connectivity index (χ0v) is 28.5. The van der Waals surface area contributed by atoms with Crippen molar-refractivity contribution in [3.05, 3.63) is 59.6 Å². The molecular formula is C31H41N4O8PS. The van der Waals surface area contributed by atoms with Crippen LogP contribution in [0.4, 0.5) is 5.13 Å². The fourth-order valence-corrected chi connectivity index (χ4v) is 7.24. The number of anilines is 1. The molecule has 3 aromatic rings. The van der Waals surface area contributed by atoms with Gasteiger partial charge in [-0.25, -0.2) is 15.2 Å². The summed E-state index contributed by atoms with van der Waals surface area (Å²) >= 11 is 1.29. The van der Waals surface area contributed by atoms with Crippen LogP contribution in [0, 0.1) is 0 Å². The summed E-state index contributed by atoms with van der Waals surface area (Å²) in [5, 5.41) is 11.1. The third-order valence-corrected chi connectivity index (χ3v) is 9.51. The van der Waals surface area contributed by atoms with E-state index in [-0.39, 0.29) is 30.5 Å². The number of nitrogens with one attached hydrogen (secondary N) is 3. The Morgan fingerprint density at radius 2 is 1.42 bits per heavy atom. The number of thiazole rings is 1. The van der Waals surface area contributed by atoms with E-state index in [1.165, 1.54) is 11.3 Å². The summed E-state index contributed by atoms with van der Waals surface area (Å²) in [5.41, 5.74) is -2.47. The molecule has 1 aromatic heterocycles.